The number of benzene rings is 2. The average molecular weight is 414 g/mol. The van der Waals surface area contributed by atoms with Gasteiger partial charge in [0.1, 0.15) is 5.51 Å². The molecule has 0 spiro atoms. The highest BCUT2D eigenvalue weighted by Crippen LogP contribution is 2.51. The Morgan fingerprint density at radius 3 is 2.80 bits per heavy atom. The number of hydrogen-bond donors (Lipinski definition) is 1. The SMILES string of the molecule is C[C@]1(C(=O)Nc2nncs2)Cc2ccc(Br)cc2[C@H]1c1ccccc1. The van der Waals surface area contributed by atoms with E-state index in [9.17, 15) is 4.79 Å². The number of aromatic nitrogens is 2. The summed E-state index contributed by atoms with van der Waals surface area (Å²) in [6.07, 6.45) is 0.694. The van der Waals surface area contributed by atoms with Crippen molar-refractivity contribution in [2.24, 2.45) is 5.41 Å². The van der Waals surface area contributed by atoms with Crippen LogP contribution in [0.5, 0.6) is 0 Å². The van der Waals surface area contributed by atoms with Crippen LogP contribution < -0.4 is 5.32 Å². The minimum absolute atomic E-state index is 0.00544. The number of hydrogen-bond acceptors (Lipinski definition) is 4. The molecule has 0 radical (unpaired) electrons. The number of nitrogens with one attached hydrogen (secondary N) is 1. The molecule has 25 heavy (non-hydrogen) atoms. The topological polar surface area (TPSA) is 54.9 Å². The van der Waals surface area contributed by atoms with E-state index < -0.39 is 5.41 Å². The minimum Gasteiger partial charge on any atom is -0.300 e. The molecule has 0 saturated carbocycles. The molecule has 1 aliphatic carbocycles. The van der Waals surface area contributed by atoms with Gasteiger partial charge in [-0.05, 0) is 42.2 Å². The van der Waals surface area contributed by atoms with Gasteiger partial charge < -0.3 is 5.32 Å². The van der Waals surface area contributed by atoms with Crippen LogP contribution in [0.4, 0.5) is 5.13 Å². The van der Waals surface area contributed by atoms with E-state index in [1.54, 1.807) is 5.51 Å². The lowest BCUT2D eigenvalue weighted by atomic mass is 9.73. The van der Waals surface area contributed by atoms with Gasteiger partial charge in [-0.1, -0.05) is 63.7 Å². The fourth-order valence-corrected chi connectivity index (χ4v) is 4.53. The first kappa shape index (κ1) is 16.4. The Morgan fingerprint density at radius 2 is 2.08 bits per heavy atom. The van der Waals surface area contributed by atoms with E-state index >= 15 is 0 Å². The largest absolute Gasteiger partial charge is 0.300 e. The maximum atomic E-state index is 13.2. The Labute approximate surface area is 158 Å². The zero-order valence-electron chi connectivity index (χ0n) is 13.6. The molecule has 4 rings (SSSR count). The Kier molecular flexibility index (Phi) is 4.17. The third-order valence-corrected chi connectivity index (χ3v) is 5.95. The second kappa shape index (κ2) is 6.35. The standard InChI is InChI=1S/C19H16BrN3OS/c1-19(17(24)22-18-23-21-11-25-18)10-13-7-8-14(20)9-15(13)16(19)12-5-3-2-4-6-12/h2-9,11,16H,10H2,1H3,(H,22,23,24)/t16-,19+/m1/s1. The highest BCUT2D eigenvalue weighted by Gasteiger charge is 2.48. The van der Waals surface area contributed by atoms with Crippen LogP contribution in [0, 0.1) is 5.41 Å². The van der Waals surface area contributed by atoms with Gasteiger partial charge in [-0.25, -0.2) is 0 Å². The van der Waals surface area contributed by atoms with E-state index in [0.29, 0.717) is 11.6 Å². The molecule has 6 heteroatoms. The summed E-state index contributed by atoms with van der Waals surface area (Å²) in [4.78, 5) is 13.2. The van der Waals surface area contributed by atoms with Crippen LogP contribution in [-0.2, 0) is 11.2 Å². The number of amides is 1. The van der Waals surface area contributed by atoms with Gasteiger partial charge in [0, 0.05) is 10.4 Å². The fraction of sp³-hybridized carbons (Fsp3) is 0.211. The van der Waals surface area contributed by atoms with E-state index in [-0.39, 0.29) is 11.8 Å². The van der Waals surface area contributed by atoms with Crippen molar-refractivity contribution in [1.29, 1.82) is 0 Å². The van der Waals surface area contributed by atoms with Gasteiger partial charge in [-0.15, -0.1) is 10.2 Å². The third-order valence-electron chi connectivity index (χ3n) is 4.85. The van der Waals surface area contributed by atoms with Crippen molar-refractivity contribution in [2.75, 3.05) is 5.32 Å². The summed E-state index contributed by atoms with van der Waals surface area (Å²) in [5.74, 6) is -0.0282. The van der Waals surface area contributed by atoms with Crippen LogP contribution in [0.15, 0.2) is 58.5 Å². The van der Waals surface area contributed by atoms with Crippen molar-refractivity contribution in [3.63, 3.8) is 0 Å². The number of anilines is 1. The molecule has 0 fully saturated rings. The first-order chi connectivity index (χ1) is 12.1. The predicted octanol–water partition coefficient (Wildman–Crippen LogP) is 4.63. The molecule has 0 bridgehead atoms. The summed E-state index contributed by atoms with van der Waals surface area (Å²) in [7, 11) is 0. The summed E-state index contributed by atoms with van der Waals surface area (Å²) in [6, 6.07) is 16.5. The Morgan fingerprint density at radius 1 is 1.28 bits per heavy atom. The number of carbonyl (C=O) groups excluding carboxylic acids is 1. The van der Waals surface area contributed by atoms with Gasteiger partial charge >= 0.3 is 0 Å². The molecule has 0 aliphatic heterocycles. The smallest absolute Gasteiger partial charge is 0.233 e. The lowest BCUT2D eigenvalue weighted by molar-refractivity contribution is -0.125. The molecule has 4 nitrogen and oxygen atoms in total. The van der Waals surface area contributed by atoms with Crippen LogP contribution in [-0.4, -0.2) is 16.1 Å². The lowest BCUT2D eigenvalue weighted by Crippen LogP contribution is -2.37. The lowest BCUT2D eigenvalue weighted by Gasteiger charge is -2.30. The molecule has 3 aromatic rings. The van der Waals surface area contributed by atoms with Gasteiger partial charge in [-0.3, -0.25) is 4.79 Å². The quantitative estimate of drug-likeness (QED) is 0.680. The van der Waals surface area contributed by atoms with E-state index in [1.807, 2.05) is 31.2 Å². The fourth-order valence-electron chi connectivity index (χ4n) is 3.71. The summed E-state index contributed by atoms with van der Waals surface area (Å²) < 4.78 is 1.03. The zero-order chi connectivity index (χ0) is 17.4. The van der Waals surface area contributed by atoms with E-state index in [0.717, 1.165) is 10.0 Å². The molecule has 2 aromatic carbocycles. The first-order valence-electron chi connectivity index (χ1n) is 7.99. The predicted molar refractivity (Wildman–Crippen MR) is 103 cm³/mol. The van der Waals surface area contributed by atoms with Crippen molar-refractivity contribution in [3.8, 4) is 0 Å². The molecule has 1 heterocycles. The van der Waals surface area contributed by atoms with Crippen molar-refractivity contribution in [3.05, 3.63) is 75.2 Å². The minimum atomic E-state index is -0.587. The Hall–Kier alpha value is -2.05. The molecule has 1 aliphatic rings. The molecule has 1 aromatic heterocycles. The number of nitrogens with zero attached hydrogens (tertiary/aromatic N) is 2. The van der Waals surface area contributed by atoms with Crippen molar-refractivity contribution < 1.29 is 4.79 Å². The van der Waals surface area contributed by atoms with E-state index in [4.69, 9.17) is 0 Å². The zero-order valence-corrected chi connectivity index (χ0v) is 16.0. The second-order valence-corrected chi connectivity index (χ2v) is 8.23. The number of halogens is 1. The normalized spacial score (nSPS) is 21.8. The average Bonchev–Trinajstić information content (AvgIpc) is 3.21. The van der Waals surface area contributed by atoms with E-state index in [1.165, 1.54) is 22.5 Å². The second-order valence-electron chi connectivity index (χ2n) is 6.48. The highest BCUT2D eigenvalue weighted by atomic mass is 79.9. The van der Waals surface area contributed by atoms with Gasteiger partial charge in [0.2, 0.25) is 11.0 Å². The van der Waals surface area contributed by atoms with Crippen LogP contribution in [0.2, 0.25) is 0 Å². The molecule has 0 saturated heterocycles. The van der Waals surface area contributed by atoms with Crippen molar-refractivity contribution in [1.82, 2.24) is 10.2 Å². The third kappa shape index (κ3) is 2.89. The number of fused-ring (bicyclic) bond motifs is 1. The number of carbonyl (C=O) groups is 1. The molecular formula is C19H16BrN3OS. The van der Waals surface area contributed by atoms with Gasteiger partial charge in [0.15, 0.2) is 0 Å². The Balaban J connectivity index is 1.79. The van der Waals surface area contributed by atoms with Gasteiger partial charge in [-0.2, -0.15) is 0 Å². The number of rotatable bonds is 3. The van der Waals surface area contributed by atoms with Crippen LogP contribution in [0.3, 0.4) is 0 Å². The Bertz CT molecular complexity index is 914. The highest BCUT2D eigenvalue weighted by molar-refractivity contribution is 9.10. The molecule has 1 amide bonds. The van der Waals surface area contributed by atoms with E-state index in [2.05, 4.69) is 55.7 Å². The molecular weight excluding hydrogens is 398 g/mol. The first-order valence-corrected chi connectivity index (χ1v) is 9.66. The van der Waals surface area contributed by atoms with Crippen LogP contribution in [0.25, 0.3) is 0 Å². The maximum absolute atomic E-state index is 13.2. The molecule has 126 valence electrons. The van der Waals surface area contributed by atoms with Gasteiger partial charge in [0.05, 0.1) is 5.41 Å². The van der Waals surface area contributed by atoms with Gasteiger partial charge in [0.25, 0.3) is 0 Å². The summed E-state index contributed by atoms with van der Waals surface area (Å²) in [6.45, 7) is 2.04. The van der Waals surface area contributed by atoms with Crippen LogP contribution >= 0.6 is 27.3 Å². The summed E-state index contributed by atoms with van der Waals surface area (Å²) in [5.41, 5.74) is 4.60. The summed E-state index contributed by atoms with van der Waals surface area (Å²) >= 11 is 4.90. The molecule has 1 N–H and O–H groups in total. The molecule has 0 unspecified atom stereocenters. The van der Waals surface area contributed by atoms with Crippen molar-refractivity contribution >= 4 is 38.3 Å². The summed E-state index contributed by atoms with van der Waals surface area (Å²) in [5, 5.41) is 11.2. The van der Waals surface area contributed by atoms with Crippen molar-refractivity contribution in [2.45, 2.75) is 19.3 Å². The maximum Gasteiger partial charge on any atom is 0.233 e. The monoisotopic (exact) mass is 413 g/mol. The van der Waals surface area contributed by atoms with Crippen LogP contribution in [0.1, 0.15) is 29.5 Å². The molecule has 2 atom stereocenters.